The van der Waals surface area contributed by atoms with Crippen LogP contribution in [0.3, 0.4) is 0 Å². The van der Waals surface area contributed by atoms with Gasteiger partial charge in [-0.3, -0.25) is 4.84 Å². The third-order valence-corrected chi connectivity index (χ3v) is 3.36. The second-order valence-corrected chi connectivity index (χ2v) is 6.11. The lowest BCUT2D eigenvalue weighted by Gasteiger charge is -2.17. The van der Waals surface area contributed by atoms with Crippen molar-refractivity contribution in [2.75, 3.05) is 24.7 Å². The topological polar surface area (TPSA) is 70.6 Å². The number of urea groups is 1. The Hall–Kier alpha value is -0.720. The molecule has 104 valence electrons. The number of hydrogen-bond donors (Lipinski definition) is 3. The molecule has 0 aromatic carbocycles. The summed E-state index contributed by atoms with van der Waals surface area (Å²) in [6.07, 6.45) is 4.29. The van der Waals surface area contributed by atoms with E-state index in [1.807, 2.05) is 11.8 Å². The fourth-order valence-corrected chi connectivity index (χ4v) is 2.46. The lowest BCUT2D eigenvalue weighted by Crippen LogP contribution is -2.39. The van der Waals surface area contributed by atoms with E-state index in [1.54, 1.807) is 13.8 Å². The first kappa shape index (κ1) is 15.3. The highest BCUT2D eigenvalue weighted by Gasteiger charge is 2.13. The van der Waals surface area contributed by atoms with Crippen molar-refractivity contribution in [1.29, 1.82) is 0 Å². The molecule has 0 atom stereocenters. The van der Waals surface area contributed by atoms with Crippen LogP contribution in [0.2, 0.25) is 0 Å². The average molecular weight is 274 g/mol. The first-order chi connectivity index (χ1) is 8.47. The van der Waals surface area contributed by atoms with Crippen LogP contribution in [0.1, 0.15) is 26.7 Å². The Kier molecular flexibility index (Phi) is 6.52. The second-order valence-electron chi connectivity index (χ2n) is 4.89. The maximum Gasteiger partial charge on any atom is 0.338 e. The van der Waals surface area contributed by atoms with Crippen LogP contribution in [-0.2, 0) is 4.84 Å². The van der Waals surface area contributed by atoms with Crippen molar-refractivity contribution >= 4 is 17.8 Å². The number of carbonyl (C=O) groups excluding carboxylic acids is 1. The summed E-state index contributed by atoms with van der Waals surface area (Å²) < 4.78 is 0. The van der Waals surface area contributed by atoms with Gasteiger partial charge in [-0.15, -0.1) is 0 Å². The predicted octanol–water partition coefficient (Wildman–Crippen LogP) is 1.44. The molecule has 5 nitrogen and oxygen atoms in total. The molecule has 1 aliphatic rings. The average Bonchev–Trinajstić information content (AvgIpc) is 2.28. The van der Waals surface area contributed by atoms with Crippen LogP contribution >= 0.6 is 11.8 Å². The summed E-state index contributed by atoms with van der Waals surface area (Å²) in [5.74, 6) is 2.35. The van der Waals surface area contributed by atoms with Crippen molar-refractivity contribution in [3.05, 3.63) is 11.6 Å². The second kappa shape index (κ2) is 7.66. The molecule has 0 aliphatic carbocycles. The Morgan fingerprint density at radius 1 is 1.50 bits per heavy atom. The lowest BCUT2D eigenvalue weighted by molar-refractivity contribution is -0.0481. The molecule has 1 fully saturated rings. The van der Waals surface area contributed by atoms with Crippen LogP contribution in [0.25, 0.3) is 0 Å². The first-order valence-electron chi connectivity index (χ1n) is 6.11. The van der Waals surface area contributed by atoms with Gasteiger partial charge in [0.25, 0.3) is 0 Å². The predicted molar refractivity (Wildman–Crippen MR) is 73.4 cm³/mol. The fraction of sp³-hybridized carbons (Fsp3) is 0.750. The van der Waals surface area contributed by atoms with Gasteiger partial charge in [0.15, 0.2) is 0 Å². The molecular formula is C12H22N2O3S. The summed E-state index contributed by atoms with van der Waals surface area (Å²) in [6, 6.07) is -0.388. The normalized spacial score (nSPS) is 16.3. The summed E-state index contributed by atoms with van der Waals surface area (Å²) in [4.78, 5) is 16.2. The van der Waals surface area contributed by atoms with E-state index in [0.717, 1.165) is 12.8 Å². The van der Waals surface area contributed by atoms with Gasteiger partial charge in [0.05, 0.1) is 5.60 Å². The molecular weight excluding hydrogens is 252 g/mol. The van der Waals surface area contributed by atoms with Crippen molar-refractivity contribution < 1.29 is 14.7 Å². The van der Waals surface area contributed by atoms with Gasteiger partial charge < -0.3 is 10.4 Å². The van der Waals surface area contributed by atoms with E-state index in [4.69, 9.17) is 4.84 Å². The number of allylic oxidation sites excluding steroid dienone is 1. The Morgan fingerprint density at radius 3 is 2.78 bits per heavy atom. The maximum absolute atomic E-state index is 11.3. The van der Waals surface area contributed by atoms with E-state index in [9.17, 15) is 9.90 Å². The van der Waals surface area contributed by atoms with E-state index in [2.05, 4.69) is 16.9 Å². The van der Waals surface area contributed by atoms with E-state index < -0.39 is 5.60 Å². The molecule has 0 aromatic rings. The Balaban J connectivity index is 2.09. The zero-order valence-electron chi connectivity index (χ0n) is 11.0. The third-order valence-electron chi connectivity index (χ3n) is 2.38. The fourth-order valence-electron chi connectivity index (χ4n) is 1.44. The van der Waals surface area contributed by atoms with E-state index in [0.29, 0.717) is 6.54 Å². The third kappa shape index (κ3) is 7.58. The van der Waals surface area contributed by atoms with Gasteiger partial charge in [-0.2, -0.15) is 11.8 Å². The van der Waals surface area contributed by atoms with Crippen molar-refractivity contribution in [3.8, 4) is 0 Å². The van der Waals surface area contributed by atoms with Gasteiger partial charge in [0, 0.05) is 6.54 Å². The highest BCUT2D eigenvalue weighted by molar-refractivity contribution is 7.99. The Labute approximate surface area is 112 Å². The van der Waals surface area contributed by atoms with Crippen LogP contribution in [0.4, 0.5) is 4.79 Å². The number of amides is 2. The summed E-state index contributed by atoms with van der Waals surface area (Å²) >= 11 is 1.97. The summed E-state index contributed by atoms with van der Waals surface area (Å²) in [5.41, 5.74) is 2.69. The van der Waals surface area contributed by atoms with E-state index in [1.165, 1.54) is 17.1 Å². The molecule has 3 N–H and O–H groups in total. The number of aliphatic hydroxyl groups is 1. The van der Waals surface area contributed by atoms with Gasteiger partial charge in [-0.05, 0) is 38.2 Å². The molecule has 0 bridgehead atoms. The molecule has 1 saturated heterocycles. The largest absolute Gasteiger partial charge is 0.388 e. The molecule has 0 aromatic heterocycles. The number of carbonyl (C=O) groups is 1. The zero-order valence-corrected chi connectivity index (χ0v) is 11.8. The van der Waals surface area contributed by atoms with Gasteiger partial charge in [-0.1, -0.05) is 11.6 Å². The first-order valence-corrected chi connectivity index (χ1v) is 7.26. The minimum absolute atomic E-state index is 0.0543. The summed E-state index contributed by atoms with van der Waals surface area (Å²) in [5, 5.41) is 12.0. The highest BCUT2D eigenvalue weighted by Crippen LogP contribution is 2.21. The molecule has 0 spiro atoms. The number of rotatable bonds is 5. The molecule has 1 aliphatic heterocycles. The van der Waals surface area contributed by atoms with Crippen molar-refractivity contribution in [3.63, 3.8) is 0 Å². The molecule has 1 heterocycles. The molecule has 6 heteroatoms. The van der Waals surface area contributed by atoms with E-state index in [-0.39, 0.29) is 12.6 Å². The van der Waals surface area contributed by atoms with Crippen LogP contribution in [0.15, 0.2) is 11.6 Å². The molecule has 0 radical (unpaired) electrons. The zero-order chi connectivity index (χ0) is 13.4. The number of nitrogens with one attached hydrogen (secondary N) is 2. The standard InChI is InChI=1S/C12H22N2O3S/c1-12(2,16)9-17-14-11(15)13-6-3-10-4-7-18-8-5-10/h3,16H,4-9H2,1-2H3,(H2,13,14,15). The Morgan fingerprint density at radius 2 is 2.17 bits per heavy atom. The van der Waals surface area contributed by atoms with Crippen LogP contribution in [0.5, 0.6) is 0 Å². The SMILES string of the molecule is CC(C)(O)CONC(=O)NCC=C1CCSCC1. The van der Waals surface area contributed by atoms with Gasteiger partial charge in [0.2, 0.25) is 0 Å². The minimum atomic E-state index is -0.949. The summed E-state index contributed by atoms with van der Waals surface area (Å²) in [7, 11) is 0. The van der Waals surface area contributed by atoms with Crippen molar-refractivity contribution in [1.82, 2.24) is 10.8 Å². The lowest BCUT2D eigenvalue weighted by atomic mass is 10.1. The number of hydroxylamine groups is 1. The molecule has 0 saturated carbocycles. The summed E-state index contributed by atoms with van der Waals surface area (Å²) in [6.45, 7) is 3.78. The van der Waals surface area contributed by atoms with Crippen LogP contribution in [-0.4, -0.2) is 41.4 Å². The molecule has 18 heavy (non-hydrogen) atoms. The number of hydrogen-bond acceptors (Lipinski definition) is 4. The minimum Gasteiger partial charge on any atom is -0.388 e. The number of thioether (sulfide) groups is 1. The van der Waals surface area contributed by atoms with Crippen LogP contribution < -0.4 is 10.8 Å². The quantitative estimate of drug-likeness (QED) is 0.524. The van der Waals surface area contributed by atoms with Gasteiger partial charge >= 0.3 is 6.03 Å². The van der Waals surface area contributed by atoms with Crippen LogP contribution in [0, 0.1) is 0 Å². The smallest absolute Gasteiger partial charge is 0.338 e. The maximum atomic E-state index is 11.3. The van der Waals surface area contributed by atoms with Gasteiger partial charge in [0.1, 0.15) is 6.61 Å². The van der Waals surface area contributed by atoms with Crippen molar-refractivity contribution in [2.45, 2.75) is 32.3 Å². The van der Waals surface area contributed by atoms with E-state index >= 15 is 0 Å². The highest BCUT2D eigenvalue weighted by atomic mass is 32.2. The molecule has 1 rings (SSSR count). The molecule has 2 amide bonds. The van der Waals surface area contributed by atoms with Crippen molar-refractivity contribution in [2.24, 2.45) is 0 Å². The monoisotopic (exact) mass is 274 g/mol. The Bertz CT molecular complexity index is 292. The molecule has 0 unspecified atom stereocenters. The van der Waals surface area contributed by atoms with Gasteiger partial charge in [-0.25, -0.2) is 10.3 Å².